The predicted octanol–water partition coefficient (Wildman–Crippen LogP) is 3.78. The smallest absolute Gasteiger partial charge is 0.357 e. The van der Waals surface area contributed by atoms with Crippen LogP contribution >= 0.6 is 0 Å². The van der Waals surface area contributed by atoms with Gasteiger partial charge in [-0.15, -0.1) is 0 Å². The summed E-state index contributed by atoms with van der Waals surface area (Å²) in [6.45, 7) is 5.27. The molecule has 0 aliphatic rings. The molecule has 0 unspecified atom stereocenters. The molecule has 2 rings (SSSR count). The fourth-order valence-electron chi connectivity index (χ4n) is 1.99. The number of anilines is 1. The zero-order valence-electron chi connectivity index (χ0n) is 14.4. The number of esters is 1. The third-order valence-electron chi connectivity index (χ3n) is 3.01. The molecule has 0 aliphatic carbocycles. The molecule has 8 heteroatoms. The SMILES string of the molecule is CNc1ccc(Oc2ccnc(C(=O)OC(C)(C)C)c2)cc1[N+](=O)[O-]. The van der Waals surface area contributed by atoms with Crippen LogP contribution in [-0.2, 0) is 4.74 Å². The lowest BCUT2D eigenvalue weighted by molar-refractivity contribution is -0.384. The summed E-state index contributed by atoms with van der Waals surface area (Å²) in [7, 11) is 1.60. The Morgan fingerprint density at radius 1 is 1.20 bits per heavy atom. The first-order valence-electron chi connectivity index (χ1n) is 7.53. The highest BCUT2D eigenvalue weighted by Gasteiger charge is 2.20. The Morgan fingerprint density at radius 2 is 1.88 bits per heavy atom. The van der Waals surface area contributed by atoms with Gasteiger partial charge in [-0.3, -0.25) is 10.1 Å². The molecule has 0 fully saturated rings. The molecule has 0 bridgehead atoms. The largest absolute Gasteiger partial charge is 0.457 e. The Hall–Kier alpha value is -3.16. The third-order valence-corrected chi connectivity index (χ3v) is 3.01. The van der Waals surface area contributed by atoms with Crippen LogP contribution in [0.2, 0.25) is 0 Å². The van der Waals surface area contributed by atoms with E-state index < -0.39 is 16.5 Å². The Labute approximate surface area is 144 Å². The molecule has 0 aliphatic heterocycles. The van der Waals surface area contributed by atoms with Crippen molar-refractivity contribution in [2.45, 2.75) is 26.4 Å². The fourth-order valence-corrected chi connectivity index (χ4v) is 1.99. The first-order valence-corrected chi connectivity index (χ1v) is 7.53. The number of ether oxygens (including phenoxy) is 2. The maximum absolute atomic E-state index is 12.1. The molecule has 0 radical (unpaired) electrons. The van der Waals surface area contributed by atoms with Crippen LogP contribution in [0, 0.1) is 10.1 Å². The average Bonchev–Trinajstić information content (AvgIpc) is 2.53. The van der Waals surface area contributed by atoms with Crippen molar-refractivity contribution in [2.75, 3.05) is 12.4 Å². The van der Waals surface area contributed by atoms with Gasteiger partial charge in [0.1, 0.15) is 22.8 Å². The van der Waals surface area contributed by atoms with Gasteiger partial charge in [0.05, 0.1) is 11.0 Å². The van der Waals surface area contributed by atoms with Crippen LogP contribution in [0.5, 0.6) is 11.5 Å². The van der Waals surface area contributed by atoms with Gasteiger partial charge >= 0.3 is 5.97 Å². The van der Waals surface area contributed by atoms with E-state index in [9.17, 15) is 14.9 Å². The summed E-state index contributed by atoms with van der Waals surface area (Å²) < 4.78 is 10.9. The first-order chi connectivity index (χ1) is 11.7. The lowest BCUT2D eigenvalue weighted by atomic mass is 10.2. The van der Waals surface area contributed by atoms with Crippen LogP contribution < -0.4 is 10.1 Å². The summed E-state index contributed by atoms with van der Waals surface area (Å²) in [5.74, 6) is 0.0175. The van der Waals surface area contributed by atoms with E-state index in [1.54, 1.807) is 46.0 Å². The van der Waals surface area contributed by atoms with Crippen molar-refractivity contribution in [3.8, 4) is 11.5 Å². The van der Waals surface area contributed by atoms with Crippen molar-refractivity contribution in [1.29, 1.82) is 0 Å². The topological polar surface area (TPSA) is 104 Å². The van der Waals surface area contributed by atoms with Gasteiger partial charge in [0.25, 0.3) is 5.69 Å². The van der Waals surface area contributed by atoms with Gasteiger partial charge in [-0.05, 0) is 39.0 Å². The molecule has 1 aromatic heterocycles. The number of rotatable bonds is 5. The van der Waals surface area contributed by atoms with Gasteiger partial charge in [-0.25, -0.2) is 9.78 Å². The molecule has 2 aromatic rings. The number of hydrogen-bond donors (Lipinski definition) is 1. The number of pyridine rings is 1. The second-order valence-electron chi connectivity index (χ2n) is 6.17. The van der Waals surface area contributed by atoms with Crippen LogP contribution in [0.3, 0.4) is 0 Å². The van der Waals surface area contributed by atoms with Crippen molar-refractivity contribution in [2.24, 2.45) is 0 Å². The highest BCUT2D eigenvalue weighted by atomic mass is 16.6. The summed E-state index contributed by atoms with van der Waals surface area (Å²) in [5.41, 5.74) is -0.282. The quantitative estimate of drug-likeness (QED) is 0.499. The van der Waals surface area contributed by atoms with E-state index in [1.807, 2.05) is 0 Å². The Kier molecular flexibility index (Phi) is 5.21. The monoisotopic (exact) mass is 345 g/mol. The van der Waals surface area contributed by atoms with E-state index in [1.165, 1.54) is 18.3 Å². The zero-order valence-corrected chi connectivity index (χ0v) is 14.4. The van der Waals surface area contributed by atoms with E-state index in [-0.39, 0.29) is 17.1 Å². The molecule has 0 saturated heterocycles. The van der Waals surface area contributed by atoms with Crippen LogP contribution in [0.25, 0.3) is 0 Å². The minimum Gasteiger partial charge on any atom is -0.457 e. The Morgan fingerprint density at radius 3 is 2.48 bits per heavy atom. The fraction of sp³-hybridized carbons (Fsp3) is 0.294. The number of nitro benzene ring substituents is 1. The minimum atomic E-state index is -0.640. The van der Waals surface area contributed by atoms with Gasteiger partial charge in [0.15, 0.2) is 5.69 Å². The second-order valence-corrected chi connectivity index (χ2v) is 6.17. The van der Waals surface area contributed by atoms with Crippen LogP contribution in [0.1, 0.15) is 31.3 Å². The van der Waals surface area contributed by atoms with Crippen LogP contribution in [0.4, 0.5) is 11.4 Å². The van der Waals surface area contributed by atoms with Crippen molar-refractivity contribution in [1.82, 2.24) is 4.98 Å². The van der Waals surface area contributed by atoms with Gasteiger partial charge in [0, 0.05) is 19.3 Å². The molecule has 0 atom stereocenters. The number of benzene rings is 1. The summed E-state index contributed by atoms with van der Waals surface area (Å²) in [6.07, 6.45) is 1.41. The molecule has 0 saturated carbocycles. The van der Waals surface area contributed by atoms with E-state index >= 15 is 0 Å². The molecule has 25 heavy (non-hydrogen) atoms. The molecule has 132 valence electrons. The van der Waals surface area contributed by atoms with Crippen molar-refractivity contribution in [3.05, 3.63) is 52.3 Å². The third kappa shape index (κ3) is 4.90. The van der Waals surface area contributed by atoms with E-state index in [4.69, 9.17) is 9.47 Å². The Bertz CT molecular complexity index is 799. The second kappa shape index (κ2) is 7.16. The molecular weight excluding hydrogens is 326 g/mol. The summed E-state index contributed by atoms with van der Waals surface area (Å²) >= 11 is 0. The molecule has 1 aromatic carbocycles. The van der Waals surface area contributed by atoms with Crippen molar-refractivity contribution in [3.63, 3.8) is 0 Å². The summed E-state index contributed by atoms with van der Waals surface area (Å²) in [5, 5.41) is 13.8. The van der Waals surface area contributed by atoms with E-state index in [2.05, 4.69) is 10.3 Å². The molecule has 1 heterocycles. The van der Waals surface area contributed by atoms with Gasteiger partial charge < -0.3 is 14.8 Å². The standard InChI is InChI=1S/C17H19N3O5/c1-17(2,3)25-16(21)14-9-12(7-8-19-14)24-11-5-6-13(18-4)15(10-11)20(22)23/h5-10,18H,1-4H3. The van der Waals surface area contributed by atoms with Crippen LogP contribution in [-0.4, -0.2) is 28.5 Å². The number of carbonyl (C=O) groups is 1. The number of nitrogens with zero attached hydrogens (tertiary/aromatic N) is 2. The van der Waals surface area contributed by atoms with Gasteiger partial charge in [-0.2, -0.15) is 0 Å². The first kappa shape index (κ1) is 18.2. The molecule has 0 amide bonds. The van der Waals surface area contributed by atoms with Crippen molar-refractivity contribution >= 4 is 17.3 Å². The predicted molar refractivity (Wildman–Crippen MR) is 92.1 cm³/mol. The number of aromatic nitrogens is 1. The van der Waals surface area contributed by atoms with Crippen LogP contribution in [0.15, 0.2) is 36.5 Å². The minimum absolute atomic E-state index is 0.0915. The lowest BCUT2D eigenvalue weighted by Gasteiger charge is -2.19. The number of hydrogen-bond acceptors (Lipinski definition) is 7. The highest BCUT2D eigenvalue weighted by molar-refractivity contribution is 5.87. The van der Waals surface area contributed by atoms with E-state index in [0.717, 1.165) is 0 Å². The number of nitro groups is 1. The summed E-state index contributed by atoms with van der Waals surface area (Å²) in [4.78, 5) is 26.6. The number of carbonyl (C=O) groups excluding carboxylic acids is 1. The maximum Gasteiger partial charge on any atom is 0.357 e. The molecule has 1 N–H and O–H groups in total. The van der Waals surface area contributed by atoms with Gasteiger partial charge in [-0.1, -0.05) is 0 Å². The highest BCUT2D eigenvalue weighted by Crippen LogP contribution is 2.31. The number of nitrogens with one attached hydrogen (secondary N) is 1. The molecule has 8 nitrogen and oxygen atoms in total. The molecular formula is C17H19N3O5. The summed E-state index contributed by atoms with van der Waals surface area (Å²) in [6, 6.07) is 7.41. The maximum atomic E-state index is 12.1. The Balaban J connectivity index is 2.24. The average molecular weight is 345 g/mol. The zero-order chi connectivity index (χ0) is 18.6. The molecule has 0 spiro atoms. The van der Waals surface area contributed by atoms with Gasteiger partial charge in [0.2, 0.25) is 0 Å². The van der Waals surface area contributed by atoms with E-state index in [0.29, 0.717) is 11.4 Å². The lowest BCUT2D eigenvalue weighted by Crippen LogP contribution is -2.24. The van der Waals surface area contributed by atoms with Crippen molar-refractivity contribution < 1.29 is 19.2 Å². The normalized spacial score (nSPS) is 10.9.